The summed E-state index contributed by atoms with van der Waals surface area (Å²) in [6.07, 6.45) is 0. The van der Waals surface area contributed by atoms with E-state index in [1.807, 2.05) is 20.0 Å². The Morgan fingerprint density at radius 3 is 2.67 bits per heavy atom. The van der Waals surface area contributed by atoms with E-state index in [1.165, 1.54) is 6.07 Å². The molecule has 1 rings (SSSR count). The van der Waals surface area contributed by atoms with Crippen molar-refractivity contribution in [3.8, 4) is 0 Å². The third kappa shape index (κ3) is 1.84. The fourth-order valence-corrected chi connectivity index (χ4v) is 1.75. The second-order valence-electron chi connectivity index (χ2n) is 2.65. The molecule has 12 heavy (non-hydrogen) atoms. The molecule has 0 radical (unpaired) electrons. The Kier molecular flexibility index (Phi) is 3.23. The summed E-state index contributed by atoms with van der Waals surface area (Å²) in [5, 5.41) is 2.99. The number of hydrogen-bond donors (Lipinski definition) is 1. The maximum absolute atomic E-state index is 13.2. The highest BCUT2D eigenvalue weighted by Gasteiger charge is 2.11. The summed E-state index contributed by atoms with van der Waals surface area (Å²) in [7, 11) is 1.81. The number of hydrogen-bond acceptors (Lipinski definition) is 1. The fourth-order valence-electron chi connectivity index (χ4n) is 1.07. The third-order valence-corrected chi connectivity index (χ3v) is 2.56. The Morgan fingerprint density at radius 1 is 1.50 bits per heavy atom. The number of nitrogens with one attached hydrogen (secondary N) is 1. The molecule has 0 saturated carbocycles. The SMILES string of the molecule is CNC(C)c1c(F)cccc1Br. The average Bonchev–Trinajstić information content (AvgIpc) is 2.03. The van der Waals surface area contributed by atoms with Crippen molar-refractivity contribution >= 4 is 15.9 Å². The van der Waals surface area contributed by atoms with Gasteiger partial charge in [-0.15, -0.1) is 0 Å². The summed E-state index contributed by atoms with van der Waals surface area (Å²) < 4.78 is 14.0. The highest BCUT2D eigenvalue weighted by Crippen LogP contribution is 2.25. The van der Waals surface area contributed by atoms with E-state index >= 15 is 0 Å². The summed E-state index contributed by atoms with van der Waals surface area (Å²) in [6, 6.07) is 5.02. The van der Waals surface area contributed by atoms with E-state index in [0.717, 1.165) is 4.47 Å². The van der Waals surface area contributed by atoms with Crippen molar-refractivity contribution in [2.45, 2.75) is 13.0 Å². The van der Waals surface area contributed by atoms with E-state index < -0.39 is 0 Å². The van der Waals surface area contributed by atoms with Gasteiger partial charge in [0.1, 0.15) is 5.82 Å². The number of benzene rings is 1. The zero-order valence-corrected chi connectivity index (χ0v) is 8.65. The molecule has 0 aliphatic carbocycles. The molecule has 0 fully saturated rings. The molecule has 0 amide bonds. The first-order chi connectivity index (χ1) is 5.66. The topological polar surface area (TPSA) is 12.0 Å². The second-order valence-corrected chi connectivity index (χ2v) is 3.50. The molecule has 66 valence electrons. The molecule has 0 aliphatic heterocycles. The van der Waals surface area contributed by atoms with Gasteiger partial charge in [0, 0.05) is 16.1 Å². The molecular formula is C9H11BrFN. The van der Waals surface area contributed by atoms with Crippen molar-refractivity contribution in [1.29, 1.82) is 0 Å². The minimum absolute atomic E-state index is 0.0283. The Morgan fingerprint density at radius 2 is 2.17 bits per heavy atom. The summed E-state index contributed by atoms with van der Waals surface area (Å²) >= 11 is 3.31. The molecule has 0 aliphatic rings. The first-order valence-corrected chi connectivity index (χ1v) is 4.57. The monoisotopic (exact) mass is 231 g/mol. The summed E-state index contributed by atoms with van der Waals surface area (Å²) in [5.41, 5.74) is 0.681. The minimum Gasteiger partial charge on any atom is -0.313 e. The van der Waals surface area contributed by atoms with Crippen LogP contribution in [0.15, 0.2) is 22.7 Å². The Balaban J connectivity index is 3.12. The molecule has 0 saturated heterocycles. The van der Waals surface area contributed by atoms with Crippen LogP contribution in [0.2, 0.25) is 0 Å². The molecule has 1 nitrogen and oxygen atoms in total. The number of halogens is 2. The van der Waals surface area contributed by atoms with Crippen molar-refractivity contribution in [1.82, 2.24) is 5.32 Å². The summed E-state index contributed by atoms with van der Waals surface area (Å²) in [5.74, 6) is -0.175. The van der Waals surface area contributed by atoms with Gasteiger partial charge in [-0.3, -0.25) is 0 Å². The average molecular weight is 232 g/mol. The van der Waals surface area contributed by atoms with Gasteiger partial charge >= 0.3 is 0 Å². The normalized spacial score (nSPS) is 13.0. The van der Waals surface area contributed by atoms with Crippen LogP contribution in [0.3, 0.4) is 0 Å². The zero-order chi connectivity index (χ0) is 9.14. The molecular weight excluding hydrogens is 221 g/mol. The minimum atomic E-state index is -0.175. The van der Waals surface area contributed by atoms with Crippen LogP contribution in [-0.2, 0) is 0 Å². The molecule has 0 bridgehead atoms. The molecule has 0 spiro atoms. The molecule has 1 aromatic rings. The van der Waals surface area contributed by atoms with E-state index in [4.69, 9.17) is 0 Å². The quantitative estimate of drug-likeness (QED) is 0.826. The Labute approximate surface area is 80.1 Å². The van der Waals surface area contributed by atoms with Gasteiger partial charge in [0.25, 0.3) is 0 Å². The van der Waals surface area contributed by atoms with E-state index in [-0.39, 0.29) is 11.9 Å². The fraction of sp³-hybridized carbons (Fsp3) is 0.333. The van der Waals surface area contributed by atoms with Crippen LogP contribution in [0.25, 0.3) is 0 Å². The van der Waals surface area contributed by atoms with E-state index in [1.54, 1.807) is 6.07 Å². The van der Waals surface area contributed by atoms with Gasteiger partial charge in [0.05, 0.1) is 0 Å². The van der Waals surface area contributed by atoms with Crippen molar-refractivity contribution in [2.75, 3.05) is 7.05 Å². The zero-order valence-electron chi connectivity index (χ0n) is 7.07. The first-order valence-electron chi connectivity index (χ1n) is 3.78. The van der Waals surface area contributed by atoms with Gasteiger partial charge in [-0.2, -0.15) is 0 Å². The predicted molar refractivity (Wildman–Crippen MR) is 51.6 cm³/mol. The molecule has 0 heterocycles. The lowest BCUT2D eigenvalue weighted by molar-refractivity contribution is 0.559. The standard InChI is InChI=1S/C9H11BrFN/c1-6(12-2)9-7(10)4-3-5-8(9)11/h3-6,12H,1-2H3. The van der Waals surface area contributed by atoms with Crippen molar-refractivity contribution in [3.63, 3.8) is 0 Å². The molecule has 1 unspecified atom stereocenters. The van der Waals surface area contributed by atoms with Crippen molar-refractivity contribution in [2.24, 2.45) is 0 Å². The highest BCUT2D eigenvalue weighted by molar-refractivity contribution is 9.10. The van der Waals surface area contributed by atoms with Crippen LogP contribution < -0.4 is 5.32 Å². The Hall–Kier alpha value is -0.410. The van der Waals surface area contributed by atoms with Gasteiger partial charge < -0.3 is 5.32 Å². The van der Waals surface area contributed by atoms with Gasteiger partial charge in [0.15, 0.2) is 0 Å². The highest BCUT2D eigenvalue weighted by atomic mass is 79.9. The van der Waals surface area contributed by atoms with Crippen molar-refractivity contribution in [3.05, 3.63) is 34.1 Å². The largest absolute Gasteiger partial charge is 0.313 e. The molecule has 3 heteroatoms. The first kappa shape index (κ1) is 9.68. The van der Waals surface area contributed by atoms with Crippen molar-refractivity contribution < 1.29 is 4.39 Å². The van der Waals surface area contributed by atoms with Crippen LogP contribution in [-0.4, -0.2) is 7.05 Å². The smallest absolute Gasteiger partial charge is 0.129 e. The van der Waals surface area contributed by atoms with Crippen LogP contribution in [0.4, 0.5) is 4.39 Å². The van der Waals surface area contributed by atoms with Crippen LogP contribution >= 0.6 is 15.9 Å². The van der Waals surface area contributed by atoms with Gasteiger partial charge in [-0.05, 0) is 26.1 Å². The van der Waals surface area contributed by atoms with Crippen LogP contribution in [0.5, 0.6) is 0 Å². The molecule has 0 aromatic heterocycles. The maximum atomic E-state index is 13.2. The molecule has 1 N–H and O–H groups in total. The van der Waals surface area contributed by atoms with E-state index in [9.17, 15) is 4.39 Å². The second kappa shape index (κ2) is 4.01. The maximum Gasteiger partial charge on any atom is 0.129 e. The van der Waals surface area contributed by atoms with E-state index in [2.05, 4.69) is 21.2 Å². The molecule has 1 atom stereocenters. The lowest BCUT2D eigenvalue weighted by atomic mass is 10.1. The summed E-state index contributed by atoms with van der Waals surface area (Å²) in [6.45, 7) is 1.92. The lowest BCUT2D eigenvalue weighted by Gasteiger charge is -2.13. The van der Waals surface area contributed by atoms with Gasteiger partial charge in [0.2, 0.25) is 0 Å². The summed E-state index contributed by atoms with van der Waals surface area (Å²) in [4.78, 5) is 0. The molecule has 1 aromatic carbocycles. The Bertz CT molecular complexity index is 255. The van der Waals surface area contributed by atoms with Gasteiger partial charge in [-0.1, -0.05) is 22.0 Å². The third-order valence-electron chi connectivity index (χ3n) is 1.87. The predicted octanol–water partition coefficient (Wildman–Crippen LogP) is 2.87. The van der Waals surface area contributed by atoms with Gasteiger partial charge in [-0.25, -0.2) is 4.39 Å². The van der Waals surface area contributed by atoms with E-state index in [0.29, 0.717) is 5.56 Å². The number of rotatable bonds is 2. The van der Waals surface area contributed by atoms with Crippen LogP contribution in [0, 0.1) is 5.82 Å². The lowest BCUT2D eigenvalue weighted by Crippen LogP contribution is -2.14. The van der Waals surface area contributed by atoms with Crippen LogP contribution in [0.1, 0.15) is 18.5 Å².